The number of aryl methyl sites for hydroxylation is 1. The number of carboxylic acid groups (broad SMARTS) is 1. The number of hydrogen-bond donors (Lipinski definition) is 1. The highest BCUT2D eigenvalue weighted by Gasteiger charge is 2.41. The van der Waals surface area contributed by atoms with E-state index < -0.39 is 12.0 Å². The number of carboxylic acids is 1. The number of nitrogens with zero attached hydrogens (tertiary/aromatic N) is 2. The van der Waals surface area contributed by atoms with Crippen LogP contribution >= 0.6 is 0 Å². The van der Waals surface area contributed by atoms with Crippen LogP contribution in [0, 0.1) is 12.8 Å². The Morgan fingerprint density at radius 1 is 1.33 bits per heavy atom. The summed E-state index contributed by atoms with van der Waals surface area (Å²) < 4.78 is 0. The SMILES string of the molecule is CCN(C(=O)N1CCC(C)C1C(=O)O)c1ccc(C)cc1. The van der Waals surface area contributed by atoms with Crippen LogP contribution in [0.2, 0.25) is 0 Å². The number of urea groups is 1. The zero-order valence-corrected chi connectivity index (χ0v) is 12.7. The lowest BCUT2D eigenvalue weighted by Crippen LogP contribution is -2.49. The van der Waals surface area contributed by atoms with Gasteiger partial charge in [-0.3, -0.25) is 4.90 Å². The molecule has 1 aromatic carbocycles. The molecule has 2 unspecified atom stereocenters. The summed E-state index contributed by atoms with van der Waals surface area (Å²) in [6, 6.07) is 6.74. The molecule has 2 atom stereocenters. The van der Waals surface area contributed by atoms with E-state index in [-0.39, 0.29) is 11.9 Å². The Kier molecular flexibility index (Phi) is 4.50. The summed E-state index contributed by atoms with van der Waals surface area (Å²) in [5.41, 5.74) is 1.93. The third kappa shape index (κ3) is 3.01. The molecule has 2 rings (SSSR count). The Morgan fingerprint density at radius 3 is 2.48 bits per heavy atom. The quantitative estimate of drug-likeness (QED) is 0.931. The van der Waals surface area contributed by atoms with Gasteiger partial charge in [-0.05, 0) is 38.3 Å². The van der Waals surface area contributed by atoms with E-state index in [0.29, 0.717) is 13.1 Å². The van der Waals surface area contributed by atoms with Crippen molar-refractivity contribution in [3.05, 3.63) is 29.8 Å². The van der Waals surface area contributed by atoms with E-state index in [1.807, 2.05) is 45.0 Å². The number of carbonyl (C=O) groups excluding carboxylic acids is 1. The Balaban J connectivity index is 2.24. The molecule has 0 aliphatic carbocycles. The van der Waals surface area contributed by atoms with Gasteiger partial charge in [0.1, 0.15) is 6.04 Å². The first-order valence-corrected chi connectivity index (χ1v) is 7.33. The van der Waals surface area contributed by atoms with E-state index in [1.165, 1.54) is 4.90 Å². The van der Waals surface area contributed by atoms with Gasteiger partial charge < -0.3 is 10.0 Å². The van der Waals surface area contributed by atoms with Crippen molar-refractivity contribution in [2.45, 2.75) is 33.2 Å². The van der Waals surface area contributed by atoms with Crippen LogP contribution in [0.1, 0.15) is 25.8 Å². The molecule has 5 heteroatoms. The van der Waals surface area contributed by atoms with Crippen LogP contribution in [0.4, 0.5) is 10.5 Å². The molecule has 2 amide bonds. The zero-order chi connectivity index (χ0) is 15.6. The molecular weight excluding hydrogens is 268 g/mol. The van der Waals surface area contributed by atoms with Gasteiger partial charge in [-0.25, -0.2) is 9.59 Å². The van der Waals surface area contributed by atoms with Gasteiger partial charge in [0.15, 0.2) is 0 Å². The molecule has 114 valence electrons. The minimum atomic E-state index is -0.923. The van der Waals surface area contributed by atoms with Crippen molar-refractivity contribution < 1.29 is 14.7 Å². The van der Waals surface area contributed by atoms with Crippen LogP contribution in [0.5, 0.6) is 0 Å². The Hall–Kier alpha value is -2.04. The minimum Gasteiger partial charge on any atom is -0.480 e. The average molecular weight is 290 g/mol. The number of likely N-dealkylation sites (tertiary alicyclic amines) is 1. The summed E-state index contributed by atoms with van der Waals surface area (Å²) in [4.78, 5) is 27.2. The first-order valence-electron chi connectivity index (χ1n) is 7.33. The fraction of sp³-hybridized carbons (Fsp3) is 0.500. The maximum atomic E-state index is 12.7. The highest BCUT2D eigenvalue weighted by Crippen LogP contribution is 2.27. The Labute approximate surface area is 125 Å². The smallest absolute Gasteiger partial charge is 0.326 e. The van der Waals surface area contributed by atoms with Gasteiger partial charge in [0, 0.05) is 18.8 Å². The molecule has 1 aromatic rings. The third-order valence-corrected chi connectivity index (χ3v) is 4.09. The van der Waals surface area contributed by atoms with E-state index in [9.17, 15) is 14.7 Å². The summed E-state index contributed by atoms with van der Waals surface area (Å²) in [7, 11) is 0. The van der Waals surface area contributed by atoms with E-state index in [1.54, 1.807) is 4.90 Å². The van der Waals surface area contributed by atoms with Gasteiger partial charge in [-0.15, -0.1) is 0 Å². The largest absolute Gasteiger partial charge is 0.480 e. The molecule has 1 heterocycles. The molecule has 0 saturated carbocycles. The highest BCUT2D eigenvalue weighted by molar-refractivity contribution is 5.95. The fourth-order valence-electron chi connectivity index (χ4n) is 2.85. The van der Waals surface area contributed by atoms with E-state index in [0.717, 1.165) is 17.7 Å². The summed E-state index contributed by atoms with van der Waals surface area (Å²) >= 11 is 0. The lowest BCUT2D eigenvalue weighted by Gasteiger charge is -2.30. The monoisotopic (exact) mass is 290 g/mol. The topological polar surface area (TPSA) is 60.9 Å². The molecule has 21 heavy (non-hydrogen) atoms. The second-order valence-corrected chi connectivity index (χ2v) is 5.60. The second kappa shape index (κ2) is 6.16. The molecule has 1 fully saturated rings. The summed E-state index contributed by atoms with van der Waals surface area (Å²) in [6.07, 6.45) is 0.730. The molecule has 0 bridgehead atoms. The number of anilines is 1. The van der Waals surface area contributed by atoms with Crippen LogP contribution in [-0.2, 0) is 4.79 Å². The average Bonchev–Trinajstić information content (AvgIpc) is 2.83. The maximum absolute atomic E-state index is 12.7. The van der Waals surface area contributed by atoms with Crippen LogP contribution < -0.4 is 4.90 Å². The number of carbonyl (C=O) groups is 2. The molecule has 1 aliphatic rings. The Bertz CT molecular complexity index is 527. The number of amides is 2. The summed E-state index contributed by atoms with van der Waals surface area (Å²) in [5.74, 6) is -0.934. The highest BCUT2D eigenvalue weighted by atomic mass is 16.4. The molecule has 0 aromatic heterocycles. The van der Waals surface area contributed by atoms with E-state index in [2.05, 4.69) is 0 Å². The van der Waals surface area contributed by atoms with Crippen LogP contribution in [0.15, 0.2) is 24.3 Å². The van der Waals surface area contributed by atoms with Crippen molar-refractivity contribution in [2.24, 2.45) is 5.92 Å². The first kappa shape index (κ1) is 15.4. The van der Waals surface area contributed by atoms with Crippen molar-refractivity contribution in [2.75, 3.05) is 18.0 Å². The summed E-state index contributed by atoms with van der Waals surface area (Å²) in [6.45, 7) is 6.78. The van der Waals surface area contributed by atoms with Crippen LogP contribution in [-0.4, -0.2) is 41.1 Å². The van der Waals surface area contributed by atoms with Crippen LogP contribution in [0.25, 0.3) is 0 Å². The first-order chi connectivity index (χ1) is 9.95. The van der Waals surface area contributed by atoms with Crippen molar-refractivity contribution in [3.8, 4) is 0 Å². The molecular formula is C16H22N2O3. The van der Waals surface area contributed by atoms with Crippen LogP contribution in [0.3, 0.4) is 0 Å². The predicted octanol–water partition coefficient (Wildman–Crippen LogP) is 2.74. The van der Waals surface area contributed by atoms with Crippen molar-refractivity contribution >= 4 is 17.7 Å². The summed E-state index contributed by atoms with van der Waals surface area (Å²) in [5, 5.41) is 9.35. The van der Waals surface area contributed by atoms with Gasteiger partial charge in [0.25, 0.3) is 0 Å². The number of aliphatic carboxylic acids is 1. The molecule has 0 radical (unpaired) electrons. The molecule has 1 aliphatic heterocycles. The molecule has 0 spiro atoms. The van der Waals surface area contributed by atoms with Gasteiger partial charge >= 0.3 is 12.0 Å². The van der Waals surface area contributed by atoms with Crippen molar-refractivity contribution in [3.63, 3.8) is 0 Å². The molecule has 1 saturated heterocycles. The molecule has 5 nitrogen and oxygen atoms in total. The normalized spacial score (nSPS) is 21.4. The second-order valence-electron chi connectivity index (χ2n) is 5.60. The standard InChI is InChI=1S/C16H22N2O3/c1-4-17(13-7-5-11(2)6-8-13)16(21)18-10-9-12(3)14(18)15(19)20/h5-8,12,14H,4,9-10H2,1-3H3,(H,19,20). The van der Waals surface area contributed by atoms with Gasteiger partial charge in [0.2, 0.25) is 0 Å². The Morgan fingerprint density at radius 2 is 1.95 bits per heavy atom. The predicted molar refractivity (Wildman–Crippen MR) is 81.5 cm³/mol. The van der Waals surface area contributed by atoms with Gasteiger partial charge in [-0.2, -0.15) is 0 Å². The van der Waals surface area contributed by atoms with E-state index >= 15 is 0 Å². The number of rotatable bonds is 3. The van der Waals surface area contributed by atoms with Crippen molar-refractivity contribution in [1.82, 2.24) is 4.90 Å². The maximum Gasteiger partial charge on any atom is 0.326 e. The fourth-order valence-corrected chi connectivity index (χ4v) is 2.85. The van der Waals surface area contributed by atoms with E-state index in [4.69, 9.17) is 0 Å². The number of benzene rings is 1. The van der Waals surface area contributed by atoms with Gasteiger partial charge in [0.05, 0.1) is 0 Å². The number of hydrogen-bond acceptors (Lipinski definition) is 2. The third-order valence-electron chi connectivity index (χ3n) is 4.09. The minimum absolute atomic E-state index is 0.0110. The van der Waals surface area contributed by atoms with Gasteiger partial charge in [-0.1, -0.05) is 24.6 Å². The zero-order valence-electron chi connectivity index (χ0n) is 12.7. The van der Waals surface area contributed by atoms with Crippen molar-refractivity contribution in [1.29, 1.82) is 0 Å². The lowest BCUT2D eigenvalue weighted by atomic mass is 10.0. The molecule has 1 N–H and O–H groups in total. The lowest BCUT2D eigenvalue weighted by molar-refractivity contribution is -0.142.